The van der Waals surface area contributed by atoms with Crippen molar-refractivity contribution in [1.82, 2.24) is 25.5 Å². The molecule has 1 saturated carbocycles. The first-order valence-electron chi connectivity index (χ1n) is 12.2. The van der Waals surface area contributed by atoms with Crippen LogP contribution in [0.4, 0.5) is 5.69 Å². The maximum Gasteiger partial charge on any atom is 0.303 e. The Morgan fingerprint density at radius 2 is 1.83 bits per heavy atom. The quantitative estimate of drug-likeness (QED) is 0.574. The Hall–Kier alpha value is -3.05. The molecule has 3 fully saturated rings. The fourth-order valence-corrected chi connectivity index (χ4v) is 5.79. The molecule has 35 heavy (non-hydrogen) atoms. The van der Waals surface area contributed by atoms with Crippen molar-refractivity contribution in [1.29, 1.82) is 0 Å². The van der Waals surface area contributed by atoms with Crippen LogP contribution in [-0.2, 0) is 19.1 Å². The fraction of sp³-hybridized carbons (Fsp3) is 0.625. The minimum absolute atomic E-state index is 0.0316. The van der Waals surface area contributed by atoms with E-state index in [4.69, 9.17) is 9.47 Å². The van der Waals surface area contributed by atoms with Crippen LogP contribution in [0.1, 0.15) is 44.6 Å². The van der Waals surface area contributed by atoms with Gasteiger partial charge in [-0.1, -0.05) is 12.8 Å². The summed E-state index contributed by atoms with van der Waals surface area (Å²) in [7, 11) is 3.98. The van der Waals surface area contributed by atoms with Gasteiger partial charge in [-0.3, -0.25) is 9.59 Å². The molecule has 0 bridgehead atoms. The van der Waals surface area contributed by atoms with Crippen LogP contribution in [0.2, 0.25) is 0 Å². The van der Waals surface area contributed by atoms with Crippen LogP contribution in [0.15, 0.2) is 24.3 Å². The first-order chi connectivity index (χ1) is 16.8. The lowest BCUT2D eigenvalue weighted by Gasteiger charge is -2.27. The van der Waals surface area contributed by atoms with Crippen LogP contribution in [0, 0.1) is 5.41 Å². The number of fused-ring (bicyclic) bond motifs is 1. The molecule has 0 radical (unpaired) electrons. The molecule has 5 rings (SSSR count). The van der Waals surface area contributed by atoms with Crippen LogP contribution < -0.4 is 10.2 Å². The first kappa shape index (κ1) is 23.7. The van der Waals surface area contributed by atoms with Crippen LogP contribution in [0.5, 0.6) is 0 Å². The van der Waals surface area contributed by atoms with Crippen LogP contribution in [0.25, 0.3) is 11.4 Å². The van der Waals surface area contributed by atoms with Gasteiger partial charge in [0.1, 0.15) is 18.2 Å². The lowest BCUT2D eigenvalue weighted by atomic mass is 9.79. The van der Waals surface area contributed by atoms with E-state index in [0.29, 0.717) is 19.0 Å². The van der Waals surface area contributed by atoms with Gasteiger partial charge in [0.2, 0.25) is 5.91 Å². The van der Waals surface area contributed by atoms with E-state index in [1.807, 2.05) is 43.3 Å². The Morgan fingerprint density at radius 1 is 1.11 bits per heavy atom. The SMILES string of the molecule is CN(C)c1ccc(-c2nnnn2[C@H]2CO[C@H]3[C@@H]2OC[C@@H]3NC(=O)CC2(CC(=O)O)CCCC2)cc1. The third-order valence-electron chi connectivity index (χ3n) is 7.55. The lowest BCUT2D eigenvalue weighted by Crippen LogP contribution is -2.45. The minimum Gasteiger partial charge on any atom is -0.481 e. The number of aliphatic carboxylic acids is 1. The third-order valence-corrected chi connectivity index (χ3v) is 7.55. The highest BCUT2D eigenvalue weighted by Crippen LogP contribution is 2.44. The number of anilines is 1. The number of nitrogens with one attached hydrogen (secondary N) is 1. The van der Waals surface area contributed by atoms with Crippen molar-refractivity contribution in [2.75, 3.05) is 32.2 Å². The third kappa shape index (κ3) is 4.74. The number of amides is 1. The molecule has 2 aliphatic heterocycles. The van der Waals surface area contributed by atoms with Crippen LogP contribution >= 0.6 is 0 Å². The second kappa shape index (κ2) is 9.54. The van der Waals surface area contributed by atoms with E-state index in [1.165, 1.54) is 0 Å². The van der Waals surface area contributed by atoms with Crippen LogP contribution in [-0.4, -0.2) is 82.7 Å². The molecule has 2 saturated heterocycles. The summed E-state index contributed by atoms with van der Waals surface area (Å²) < 4.78 is 13.9. The lowest BCUT2D eigenvalue weighted by molar-refractivity contribution is -0.140. The molecule has 2 N–H and O–H groups in total. The Labute approximate surface area is 203 Å². The molecular weight excluding hydrogens is 452 g/mol. The number of carboxylic acids is 1. The number of carboxylic acid groups (broad SMARTS) is 1. The predicted octanol–water partition coefficient (Wildman–Crippen LogP) is 1.65. The molecule has 3 heterocycles. The average Bonchev–Trinajstić information content (AvgIpc) is 3.59. The van der Waals surface area contributed by atoms with Gasteiger partial charge >= 0.3 is 5.97 Å². The number of rotatable bonds is 8. The van der Waals surface area contributed by atoms with Gasteiger partial charge in [0.25, 0.3) is 0 Å². The number of nitrogens with zero attached hydrogens (tertiary/aromatic N) is 5. The highest BCUT2D eigenvalue weighted by atomic mass is 16.6. The molecule has 11 heteroatoms. The van der Waals surface area contributed by atoms with Gasteiger partial charge in [0.15, 0.2) is 5.82 Å². The van der Waals surface area contributed by atoms with Crippen molar-refractivity contribution in [3.63, 3.8) is 0 Å². The van der Waals surface area contributed by atoms with E-state index in [1.54, 1.807) is 4.68 Å². The Morgan fingerprint density at radius 3 is 2.51 bits per heavy atom. The predicted molar refractivity (Wildman–Crippen MR) is 126 cm³/mol. The molecule has 1 amide bonds. The second-order valence-electron chi connectivity index (χ2n) is 10.2. The number of carbonyl (C=O) groups excluding carboxylic acids is 1. The van der Waals surface area contributed by atoms with E-state index in [2.05, 4.69) is 20.8 Å². The van der Waals surface area contributed by atoms with Gasteiger partial charge in [0.05, 0.1) is 25.7 Å². The molecular formula is C24H32N6O5. The van der Waals surface area contributed by atoms with E-state index < -0.39 is 11.4 Å². The molecule has 0 unspecified atom stereocenters. The standard InChI is InChI=1S/C24H32N6O5/c1-29(2)16-7-5-15(6-8-16)23-26-27-28-30(23)18-14-35-21-17(13-34-22(18)21)25-19(31)11-24(12-20(32)33)9-3-4-10-24/h5-8,17-18,21-22H,3-4,9-14H2,1-2H3,(H,25,31)(H,32,33)/t17-,18-,21+,22+/m0/s1. The van der Waals surface area contributed by atoms with Crippen LogP contribution in [0.3, 0.4) is 0 Å². The van der Waals surface area contributed by atoms with Gasteiger partial charge in [-0.2, -0.15) is 0 Å². The fourth-order valence-electron chi connectivity index (χ4n) is 5.79. The Balaban J connectivity index is 1.25. The van der Waals surface area contributed by atoms with Gasteiger partial charge in [-0.15, -0.1) is 5.10 Å². The zero-order valence-corrected chi connectivity index (χ0v) is 20.1. The topological polar surface area (TPSA) is 132 Å². The average molecular weight is 485 g/mol. The van der Waals surface area contributed by atoms with E-state index in [-0.39, 0.29) is 43.0 Å². The van der Waals surface area contributed by atoms with Crippen molar-refractivity contribution >= 4 is 17.6 Å². The van der Waals surface area contributed by atoms with Gasteiger partial charge in [0, 0.05) is 31.8 Å². The van der Waals surface area contributed by atoms with E-state index >= 15 is 0 Å². The second-order valence-corrected chi connectivity index (χ2v) is 10.2. The molecule has 1 aliphatic carbocycles. The van der Waals surface area contributed by atoms with Crippen molar-refractivity contribution < 1.29 is 24.2 Å². The molecule has 2 aromatic rings. The summed E-state index contributed by atoms with van der Waals surface area (Å²) >= 11 is 0. The van der Waals surface area contributed by atoms with Gasteiger partial charge < -0.3 is 24.8 Å². The number of tetrazole rings is 1. The summed E-state index contributed by atoms with van der Waals surface area (Å²) in [5, 5.41) is 24.7. The summed E-state index contributed by atoms with van der Waals surface area (Å²) in [5.41, 5.74) is 1.53. The number of hydrogen-bond acceptors (Lipinski definition) is 8. The largest absolute Gasteiger partial charge is 0.481 e. The zero-order chi connectivity index (χ0) is 24.6. The number of hydrogen-bond donors (Lipinski definition) is 2. The number of ether oxygens (including phenoxy) is 2. The van der Waals surface area contributed by atoms with Crippen molar-refractivity contribution in [3.8, 4) is 11.4 Å². The molecule has 0 spiro atoms. The molecule has 11 nitrogen and oxygen atoms in total. The number of carbonyl (C=O) groups is 2. The maximum absolute atomic E-state index is 12.9. The molecule has 1 aromatic carbocycles. The maximum atomic E-state index is 12.9. The highest BCUT2D eigenvalue weighted by Gasteiger charge is 2.50. The van der Waals surface area contributed by atoms with E-state index in [0.717, 1.165) is 36.9 Å². The Kier molecular flexibility index (Phi) is 6.45. The van der Waals surface area contributed by atoms with E-state index in [9.17, 15) is 14.7 Å². The summed E-state index contributed by atoms with van der Waals surface area (Å²) in [6.07, 6.45) is 3.13. The molecule has 4 atom stereocenters. The number of benzene rings is 1. The summed E-state index contributed by atoms with van der Waals surface area (Å²) in [6, 6.07) is 7.50. The summed E-state index contributed by atoms with van der Waals surface area (Å²) in [5.74, 6) is -0.351. The highest BCUT2D eigenvalue weighted by molar-refractivity contribution is 5.78. The zero-order valence-electron chi connectivity index (χ0n) is 20.1. The Bertz CT molecular complexity index is 1060. The summed E-state index contributed by atoms with van der Waals surface area (Å²) in [6.45, 7) is 0.705. The van der Waals surface area contributed by atoms with Crippen molar-refractivity contribution in [2.24, 2.45) is 5.41 Å². The smallest absolute Gasteiger partial charge is 0.303 e. The number of aromatic nitrogens is 4. The normalized spacial score (nSPS) is 27.0. The van der Waals surface area contributed by atoms with Gasteiger partial charge in [-0.05, 0) is 52.9 Å². The molecule has 3 aliphatic rings. The molecule has 1 aromatic heterocycles. The minimum atomic E-state index is -0.848. The monoisotopic (exact) mass is 484 g/mol. The van der Waals surface area contributed by atoms with Crippen molar-refractivity contribution in [3.05, 3.63) is 24.3 Å². The first-order valence-corrected chi connectivity index (χ1v) is 12.2. The van der Waals surface area contributed by atoms with Crippen molar-refractivity contribution in [2.45, 2.75) is 62.8 Å². The molecule has 188 valence electrons. The summed E-state index contributed by atoms with van der Waals surface area (Å²) in [4.78, 5) is 26.3. The van der Waals surface area contributed by atoms with Gasteiger partial charge in [-0.25, -0.2) is 4.68 Å².